The number of hydrogen-bond acceptors (Lipinski definition) is 5. The van der Waals surface area contributed by atoms with Crippen LogP contribution in [-0.4, -0.2) is 26.5 Å². The van der Waals surface area contributed by atoms with Crippen LogP contribution in [0.25, 0.3) is 0 Å². The molecule has 29 heavy (non-hydrogen) atoms. The predicted molar refractivity (Wildman–Crippen MR) is 114 cm³/mol. The van der Waals surface area contributed by atoms with Crippen LogP contribution in [0.3, 0.4) is 0 Å². The van der Waals surface area contributed by atoms with Gasteiger partial charge in [0.15, 0.2) is 9.84 Å². The fraction of sp³-hybridized carbons (Fsp3) is 0.143. The first-order chi connectivity index (χ1) is 13.8. The first-order valence-electron chi connectivity index (χ1n) is 8.80. The Morgan fingerprint density at radius 3 is 2.24 bits per heavy atom. The standard InChI is InChI=1S/C21H20N2O4S2/c1-14(15-9-11-16(12-10-15)29(2,26)27)22-20(24)17-6-3-4-7-18(17)23-21(25)19-8-5-13-28-19/h3-14H,1-2H3,(H,22,24)(H,23,25). The molecule has 0 saturated carbocycles. The summed E-state index contributed by atoms with van der Waals surface area (Å²) < 4.78 is 23.2. The molecule has 2 N–H and O–H groups in total. The highest BCUT2D eigenvalue weighted by Gasteiger charge is 2.17. The lowest BCUT2D eigenvalue weighted by Crippen LogP contribution is -2.28. The van der Waals surface area contributed by atoms with Crippen LogP contribution in [0.2, 0.25) is 0 Å². The lowest BCUT2D eigenvalue weighted by molar-refractivity contribution is 0.0940. The molecule has 1 aromatic heterocycles. The molecule has 2 aromatic carbocycles. The van der Waals surface area contributed by atoms with E-state index in [2.05, 4.69) is 10.6 Å². The molecule has 3 rings (SSSR count). The maximum atomic E-state index is 12.8. The van der Waals surface area contributed by atoms with E-state index in [9.17, 15) is 18.0 Å². The van der Waals surface area contributed by atoms with Gasteiger partial charge in [0.2, 0.25) is 0 Å². The van der Waals surface area contributed by atoms with E-state index in [1.165, 1.54) is 23.5 Å². The number of sulfone groups is 1. The molecule has 3 aromatic rings. The minimum Gasteiger partial charge on any atom is -0.345 e. The van der Waals surface area contributed by atoms with Gasteiger partial charge in [0.25, 0.3) is 11.8 Å². The molecule has 0 radical (unpaired) electrons. The van der Waals surface area contributed by atoms with Crippen LogP contribution >= 0.6 is 11.3 Å². The van der Waals surface area contributed by atoms with Gasteiger partial charge in [-0.15, -0.1) is 11.3 Å². The molecule has 1 heterocycles. The van der Waals surface area contributed by atoms with Crippen LogP contribution < -0.4 is 10.6 Å². The summed E-state index contributed by atoms with van der Waals surface area (Å²) >= 11 is 1.32. The molecule has 0 aliphatic rings. The minimum absolute atomic E-state index is 0.224. The van der Waals surface area contributed by atoms with Gasteiger partial charge < -0.3 is 10.6 Å². The monoisotopic (exact) mass is 428 g/mol. The van der Waals surface area contributed by atoms with Crippen LogP contribution in [0, 0.1) is 0 Å². The van der Waals surface area contributed by atoms with E-state index in [0.717, 1.165) is 11.8 Å². The number of thiophene rings is 1. The molecular weight excluding hydrogens is 408 g/mol. The summed E-state index contributed by atoms with van der Waals surface area (Å²) in [6.07, 6.45) is 1.15. The molecular formula is C21H20N2O4S2. The van der Waals surface area contributed by atoms with E-state index in [4.69, 9.17) is 0 Å². The van der Waals surface area contributed by atoms with Gasteiger partial charge in [-0.1, -0.05) is 30.3 Å². The molecule has 6 nitrogen and oxygen atoms in total. The fourth-order valence-corrected chi connectivity index (χ4v) is 3.99. The molecule has 2 amide bonds. The van der Waals surface area contributed by atoms with Crippen molar-refractivity contribution in [1.82, 2.24) is 5.32 Å². The van der Waals surface area contributed by atoms with E-state index in [1.807, 2.05) is 5.38 Å². The highest BCUT2D eigenvalue weighted by molar-refractivity contribution is 7.90. The molecule has 1 unspecified atom stereocenters. The minimum atomic E-state index is -3.27. The second kappa shape index (κ2) is 8.59. The van der Waals surface area contributed by atoms with Crippen molar-refractivity contribution in [1.29, 1.82) is 0 Å². The van der Waals surface area contributed by atoms with Crippen molar-refractivity contribution < 1.29 is 18.0 Å². The van der Waals surface area contributed by atoms with E-state index in [0.29, 0.717) is 16.1 Å². The molecule has 0 aliphatic carbocycles. The Labute approximate surface area is 173 Å². The highest BCUT2D eigenvalue weighted by atomic mass is 32.2. The lowest BCUT2D eigenvalue weighted by atomic mass is 10.1. The zero-order chi connectivity index (χ0) is 21.0. The third kappa shape index (κ3) is 5.10. The van der Waals surface area contributed by atoms with Crippen LogP contribution in [-0.2, 0) is 9.84 Å². The third-order valence-electron chi connectivity index (χ3n) is 4.32. The van der Waals surface area contributed by atoms with Crippen LogP contribution in [0.4, 0.5) is 5.69 Å². The summed E-state index contributed by atoms with van der Waals surface area (Å²) in [5.41, 5.74) is 1.53. The fourth-order valence-electron chi connectivity index (χ4n) is 2.74. The maximum Gasteiger partial charge on any atom is 0.265 e. The zero-order valence-corrected chi connectivity index (χ0v) is 17.5. The maximum absolute atomic E-state index is 12.8. The number of carbonyl (C=O) groups excluding carboxylic acids is 2. The Kier molecular flexibility index (Phi) is 6.14. The number of anilines is 1. The van der Waals surface area contributed by atoms with Gasteiger partial charge in [-0.25, -0.2) is 8.42 Å². The average molecular weight is 429 g/mol. The quantitative estimate of drug-likeness (QED) is 0.623. The number of benzene rings is 2. The van der Waals surface area contributed by atoms with Gasteiger partial charge in [0, 0.05) is 6.26 Å². The number of nitrogens with one attached hydrogen (secondary N) is 2. The number of para-hydroxylation sites is 1. The van der Waals surface area contributed by atoms with Gasteiger partial charge in [0.05, 0.1) is 27.1 Å². The van der Waals surface area contributed by atoms with Crippen molar-refractivity contribution in [3.8, 4) is 0 Å². The summed E-state index contributed by atoms with van der Waals surface area (Å²) in [5, 5.41) is 7.47. The van der Waals surface area contributed by atoms with E-state index >= 15 is 0 Å². The first-order valence-corrected chi connectivity index (χ1v) is 11.6. The van der Waals surface area contributed by atoms with Crippen molar-refractivity contribution in [3.05, 3.63) is 82.0 Å². The molecule has 150 valence electrons. The molecule has 1 atom stereocenters. The summed E-state index contributed by atoms with van der Waals surface area (Å²) in [6, 6.07) is 16.3. The Hall–Kier alpha value is -2.97. The Morgan fingerprint density at radius 2 is 1.62 bits per heavy atom. The molecule has 0 aliphatic heterocycles. The number of carbonyl (C=O) groups is 2. The number of rotatable bonds is 6. The van der Waals surface area contributed by atoms with E-state index in [-0.39, 0.29) is 22.8 Å². The van der Waals surface area contributed by atoms with E-state index < -0.39 is 9.84 Å². The number of hydrogen-bond donors (Lipinski definition) is 2. The largest absolute Gasteiger partial charge is 0.345 e. The first kappa shape index (κ1) is 20.8. The summed E-state index contributed by atoms with van der Waals surface area (Å²) in [5.74, 6) is -0.614. The molecule has 0 fully saturated rings. The summed E-state index contributed by atoms with van der Waals surface area (Å²) in [4.78, 5) is 25.9. The van der Waals surface area contributed by atoms with Crippen molar-refractivity contribution in [2.24, 2.45) is 0 Å². The second-order valence-corrected chi connectivity index (χ2v) is 9.48. The summed E-state index contributed by atoms with van der Waals surface area (Å²) in [6.45, 7) is 1.81. The molecule has 0 bridgehead atoms. The molecule has 0 saturated heterocycles. The average Bonchev–Trinajstić information content (AvgIpc) is 3.22. The van der Waals surface area contributed by atoms with Crippen LogP contribution in [0.5, 0.6) is 0 Å². The van der Waals surface area contributed by atoms with Crippen molar-refractivity contribution in [2.45, 2.75) is 17.9 Å². The van der Waals surface area contributed by atoms with Gasteiger partial charge in [-0.2, -0.15) is 0 Å². The van der Waals surface area contributed by atoms with Gasteiger partial charge >= 0.3 is 0 Å². The van der Waals surface area contributed by atoms with E-state index in [1.54, 1.807) is 55.5 Å². The Bertz CT molecular complexity index is 1120. The highest BCUT2D eigenvalue weighted by Crippen LogP contribution is 2.21. The summed E-state index contributed by atoms with van der Waals surface area (Å²) in [7, 11) is -3.27. The normalized spacial score (nSPS) is 12.2. The Morgan fingerprint density at radius 1 is 0.931 bits per heavy atom. The zero-order valence-electron chi connectivity index (χ0n) is 15.9. The van der Waals surface area contributed by atoms with Crippen molar-refractivity contribution in [2.75, 3.05) is 11.6 Å². The predicted octanol–water partition coefficient (Wildman–Crippen LogP) is 3.89. The van der Waals surface area contributed by atoms with Gasteiger partial charge in [-0.3, -0.25) is 9.59 Å². The van der Waals surface area contributed by atoms with Crippen LogP contribution in [0.15, 0.2) is 70.9 Å². The van der Waals surface area contributed by atoms with Gasteiger partial charge in [-0.05, 0) is 48.2 Å². The Balaban J connectivity index is 1.74. The lowest BCUT2D eigenvalue weighted by Gasteiger charge is -2.16. The topological polar surface area (TPSA) is 92.3 Å². The van der Waals surface area contributed by atoms with Crippen molar-refractivity contribution in [3.63, 3.8) is 0 Å². The third-order valence-corrected chi connectivity index (χ3v) is 6.32. The van der Waals surface area contributed by atoms with Gasteiger partial charge in [0.1, 0.15) is 0 Å². The molecule has 0 spiro atoms. The van der Waals surface area contributed by atoms with Crippen molar-refractivity contribution >= 4 is 38.7 Å². The van der Waals surface area contributed by atoms with Crippen LogP contribution in [0.1, 0.15) is 38.6 Å². The molecule has 8 heteroatoms. The SMILES string of the molecule is CC(NC(=O)c1ccccc1NC(=O)c1cccs1)c1ccc(S(C)(=O)=O)cc1. The smallest absolute Gasteiger partial charge is 0.265 e. The second-order valence-electron chi connectivity index (χ2n) is 6.51. The number of amides is 2.